The number of para-hydroxylation sites is 1. The van der Waals surface area contributed by atoms with Crippen LogP contribution in [0.25, 0.3) is 0 Å². The van der Waals surface area contributed by atoms with E-state index < -0.39 is 24.3 Å². The second-order valence-electron chi connectivity index (χ2n) is 7.57. The van der Waals surface area contributed by atoms with Crippen molar-refractivity contribution in [1.29, 1.82) is 0 Å². The Bertz CT molecular complexity index is 1230. The molecule has 0 fully saturated rings. The van der Waals surface area contributed by atoms with Gasteiger partial charge in [0.1, 0.15) is 0 Å². The van der Waals surface area contributed by atoms with Crippen molar-refractivity contribution >= 4 is 29.4 Å². The minimum absolute atomic E-state index is 0.000955. The van der Waals surface area contributed by atoms with E-state index >= 15 is 0 Å². The molecule has 0 atom stereocenters. The Kier molecular flexibility index (Phi) is 9.48. The fraction of sp³-hybridized carbons (Fsp3) is 0.192. The van der Waals surface area contributed by atoms with E-state index in [0.717, 1.165) is 17.8 Å². The number of hydrogen-bond donors (Lipinski definition) is 3. The summed E-state index contributed by atoms with van der Waals surface area (Å²) >= 11 is 0. The Balaban J connectivity index is 1.54. The zero-order chi connectivity index (χ0) is 26.7. The third-order valence-corrected chi connectivity index (χ3v) is 4.73. The lowest BCUT2D eigenvalue weighted by Crippen LogP contribution is -2.25. The van der Waals surface area contributed by atoms with E-state index in [4.69, 9.17) is 9.47 Å². The average molecular weight is 515 g/mol. The summed E-state index contributed by atoms with van der Waals surface area (Å²) in [6.07, 6.45) is -3.09. The zero-order valence-electron chi connectivity index (χ0n) is 19.8. The van der Waals surface area contributed by atoms with Gasteiger partial charge in [-0.05, 0) is 61.0 Å². The lowest BCUT2D eigenvalue weighted by Gasteiger charge is -2.13. The van der Waals surface area contributed by atoms with Crippen LogP contribution < -0.4 is 25.5 Å². The molecule has 0 unspecified atom stereocenters. The summed E-state index contributed by atoms with van der Waals surface area (Å²) in [6.45, 7) is 1.68. The maximum atomic E-state index is 12.9. The van der Waals surface area contributed by atoms with Crippen molar-refractivity contribution in [3.63, 3.8) is 0 Å². The highest BCUT2D eigenvalue weighted by molar-refractivity contribution is 5.92. The first-order valence-electron chi connectivity index (χ1n) is 11.2. The van der Waals surface area contributed by atoms with E-state index in [0.29, 0.717) is 17.9 Å². The number of halogens is 3. The molecule has 8 nitrogen and oxygen atoms in total. The van der Waals surface area contributed by atoms with E-state index in [9.17, 15) is 22.8 Å². The fourth-order valence-electron chi connectivity index (χ4n) is 3.06. The molecule has 3 rings (SSSR count). The SMILES string of the molecule is CCOc1cc(/C=N/NC(=O)CNc2ccccc2)ccc1OCC(=O)Nc1cccc(C(F)(F)F)c1. The third kappa shape index (κ3) is 8.88. The molecule has 0 saturated heterocycles. The minimum atomic E-state index is -4.52. The topological polar surface area (TPSA) is 101 Å². The van der Waals surface area contributed by atoms with Gasteiger partial charge in [0.05, 0.1) is 24.9 Å². The van der Waals surface area contributed by atoms with Crippen LogP contribution in [0.5, 0.6) is 11.5 Å². The van der Waals surface area contributed by atoms with Crippen LogP contribution in [0.15, 0.2) is 77.9 Å². The van der Waals surface area contributed by atoms with Crippen LogP contribution in [0.2, 0.25) is 0 Å². The van der Waals surface area contributed by atoms with Crippen LogP contribution in [-0.2, 0) is 15.8 Å². The third-order valence-electron chi connectivity index (χ3n) is 4.73. The number of rotatable bonds is 11. The average Bonchev–Trinajstić information content (AvgIpc) is 2.87. The molecule has 0 heterocycles. The number of benzene rings is 3. The molecule has 3 N–H and O–H groups in total. The number of hydrazone groups is 1. The van der Waals surface area contributed by atoms with Crippen molar-refractivity contribution in [2.75, 3.05) is 30.4 Å². The van der Waals surface area contributed by atoms with Gasteiger partial charge in [-0.3, -0.25) is 9.59 Å². The van der Waals surface area contributed by atoms with Crippen molar-refractivity contribution in [3.05, 3.63) is 83.9 Å². The molecule has 0 saturated carbocycles. The molecule has 2 amide bonds. The summed E-state index contributed by atoms with van der Waals surface area (Å²) in [5.41, 5.74) is 2.95. The first-order chi connectivity index (χ1) is 17.7. The van der Waals surface area contributed by atoms with Gasteiger partial charge in [0.2, 0.25) is 0 Å². The van der Waals surface area contributed by atoms with Crippen LogP contribution in [0.3, 0.4) is 0 Å². The number of amides is 2. The van der Waals surface area contributed by atoms with Crippen LogP contribution in [-0.4, -0.2) is 37.8 Å². The molecule has 0 aliphatic heterocycles. The highest BCUT2D eigenvalue weighted by Crippen LogP contribution is 2.31. The molecule has 0 bridgehead atoms. The van der Waals surface area contributed by atoms with E-state index in [2.05, 4.69) is 21.2 Å². The zero-order valence-corrected chi connectivity index (χ0v) is 19.8. The van der Waals surface area contributed by atoms with Crippen LogP contribution in [0, 0.1) is 0 Å². The summed E-state index contributed by atoms with van der Waals surface area (Å²) in [6, 6.07) is 18.4. The number of carbonyl (C=O) groups is 2. The Morgan fingerprint density at radius 1 is 0.892 bits per heavy atom. The van der Waals surface area contributed by atoms with Crippen molar-refractivity contribution in [2.24, 2.45) is 5.10 Å². The molecule has 3 aromatic carbocycles. The number of alkyl halides is 3. The predicted octanol–water partition coefficient (Wildman–Crippen LogP) is 4.68. The highest BCUT2D eigenvalue weighted by Gasteiger charge is 2.30. The van der Waals surface area contributed by atoms with Crippen molar-refractivity contribution in [2.45, 2.75) is 13.1 Å². The minimum Gasteiger partial charge on any atom is -0.490 e. The van der Waals surface area contributed by atoms with Crippen LogP contribution in [0.1, 0.15) is 18.1 Å². The second kappa shape index (κ2) is 13.0. The Labute approximate surface area is 211 Å². The van der Waals surface area contributed by atoms with Gasteiger partial charge in [-0.25, -0.2) is 5.43 Å². The summed E-state index contributed by atoms with van der Waals surface area (Å²) < 4.78 is 49.6. The predicted molar refractivity (Wildman–Crippen MR) is 134 cm³/mol. The van der Waals surface area contributed by atoms with Crippen LogP contribution in [0.4, 0.5) is 24.5 Å². The molecule has 0 aromatic heterocycles. The van der Waals surface area contributed by atoms with E-state index in [1.807, 2.05) is 30.3 Å². The normalized spacial score (nSPS) is 11.1. The molecule has 0 spiro atoms. The Hall–Kier alpha value is -4.54. The first kappa shape index (κ1) is 27.1. The molecular formula is C26H25F3N4O4. The van der Waals surface area contributed by atoms with E-state index in [1.54, 1.807) is 25.1 Å². The van der Waals surface area contributed by atoms with Gasteiger partial charge in [-0.15, -0.1) is 0 Å². The number of nitrogens with zero attached hydrogens (tertiary/aromatic N) is 1. The van der Waals surface area contributed by atoms with Gasteiger partial charge < -0.3 is 20.1 Å². The van der Waals surface area contributed by atoms with Gasteiger partial charge >= 0.3 is 6.18 Å². The van der Waals surface area contributed by atoms with Crippen molar-refractivity contribution in [3.8, 4) is 11.5 Å². The van der Waals surface area contributed by atoms with Gasteiger partial charge in [0, 0.05) is 11.4 Å². The summed E-state index contributed by atoms with van der Waals surface area (Å²) in [4.78, 5) is 24.2. The number of nitrogens with one attached hydrogen (secondary N) is 3. The summed E-state index contributed by atoms with van der Waals surface area (Å²) in [5.74, 6) is -0.388. The maximum absolute atomic E-state index is 12.9. The Morgan fingerprint density at radius 2 is 1.65 bits per heavy atom. The lowest BCUT2D eigenvalue weighted by atomic mass is 10.2. The number of ether oxygens (including phenoxy) is 2. The molecule has 0 aliphatic carbocycles. The lowest BCUT2D eigenvalue weighted by molar-refractivity contribution is -0.137. The molecule has 194 valence electrons. The number of anilines is 2. The van der Waals surface area contributed by atoms with Crippen molar-refractivity contribution < 1.29 is 32.2 Å². The number of hydrogen-bond acceptors (Lipinski definition) is 6. The van der Waals surface area contributed by atoms with Gasteiger partial charge in [-0.1, -0.05) is 24.3 Å². The molecular weight excluding hydrogens is 489 g/mol. The molecule has 0 radical (unpaired) electrons. The summed E-state index contributed by atoms with van der Waals surface area (Å²) in [7, 11) is 0. The molecule has 0 aliphatic rings. The fourth-order valence-corrected chi connectivity index (χ4v) is 3.06. The quantitative estimate of drug-likeness (QED) is 0.255. The maximum Gasteiger partial charge on any atom is 0.416 e. The highest BCUT2D eigenvalue weighted by atomic mass is 19.4. The summed E-state index contributed by atoms with van der Waals surface area (Å²) in [5, 5.41) is 9.27. The second-order valence-corrected chi connectivity index (χ2v) is 7.57. The standard InChI is InChI=1S/C26H25F3N4O4/c1-2-36-23-13-18(15-31-33-24(34)16-30-20-8-4-3-5-9-20)11-12-22(23)37-17-25(35)32-21-10-6-7-19(14-21)26(27,28)29/h3-15,30H,2,16-17H2,1H3,(H,32,35)(H,33,34)/b31-15+. The number of carbonyl (C=O) groups excluding carboxylic acids is 2. The smallest absolute Gasteiger partial charge is 0.416 e. The monoisotopic (exact) mass is 514 g/mol. The Morgan fingerprint density at radius 3 is 2.38 bits per heavy atom. The van der Waals surface area contributed by atoms with E-state index in [1.165, 1.54) is 18.3 Å². The molecule has 11 heteroatoms. The van der Waals surface area contributed by atoms with Gasteiger partial charge in [0.25, 0.3) is 11.8 Å². The first-order valence-corrected chi connectivity index (χ1v) is 11.2. The van der Waals surface area contributed by atoms with E-state index in [-0.39, 0.29) is 23.9 Å². The van der Waals surface area contributed by atoms with Gasteiger partial charge in [0.15, 0.2) is 18.1 Å². The molecule has 3 aromatic rings. The van der Waals surface area contributed by atoms with Crippen LogP contribution >= 0.6 is 0 Å². The molecule has 37 heavy (non-hydrogen) atoms. The van der Waals surface area contributed by atoms with Gasteiger partial charge in [-0.2, -0.15) is 18.3 Å². The largest absolute Gasteiger partial charge is 0.490 e. The van der Waals surface area contributed by atoms with Crippen molar-refractivity contribution in [1.82, 2.24) is 5.43 Å².